The van der Waals surface area contributed by atoms with Crippen LogP contribution in [0.1, 0.15) is 24.6 Å². The van der Waals surface area contributed by atoms with E-state index >= 15 is 0 Å². The summed E-state index contributed by atoms with van der Waals surface area (Å²) in [6.45, 7) is 2.78. The highest BCUT2D eigenvalue weighted by Crippen LogP contribution is 2.27. The number of rotatable bonds is 6. The van der Waals surface area contributed by atoms with Gasteiger partial charge in [0.1, 0.15) is 6.23 Å². The maximum Gasteiger partial charge on any atom is 0.330 e. The Morgan fingerprint density at radius 1 is 1.50 bits per heavy atom. The Morgan fingerprint density at radius 3 is 2.91 bits per heavy atom. The number of aliphatic hydroxyl groups is 2. The van der Waals surface area contributed by atoms with E-state index in [0.717, 1.165) is 0 Å². The third-order valence-corrected chi connectivity index (χ3v) is 3.52. The van der Waals surface area contributed by atoms with Crippen LogP contribution in [0.15, 0.2) is 15.8 Å². The molecule has 0 radical (unpaired) electrons. The van der Waals surface area contributed by atoms with Gasteiger partial charge in [-0.1, -0.05) is 0 Å². The first-order valence-electron chi connectivity index (χ1n) is 7.00. The van der Waals surface area contributed by atoms with Crippen LogP contribution in [-0.2, 0) is 4.74 Å². The minimum atomic E-state index is -0.684. The molecule has 8 nitrogen and oxygen atoms in total. The van der Waals surface area contributed by atoms with Crippen molar-refractivity contribution < 1.29 is 14.9 Å². The minimum Gasteiger partial charge on any atom is -0.396 e. The summed E-state index contributed by atoms with van der Waals surface area (Å²) in [5.41, 5.74) is -0.550. The summed E-state index contributed by atoms with van der Waals surface area (Å²) in [6.07, 6.45) is 0.666. The molecule has 0 aliphatic carbocycles. The maximum atomic E-state index is 11.8. The van der Waals surface area contributed by atoms with Crippen LogP contribution in [-0.4, -0.2) is 51.7 Å². The van der Waals surface area contributed by atoms with Gasteiger partial charge in [-0.2, -0.15) is 0 Å². The fraction of sp³-hybridized carbons (Fsp3) is 0.692. The number of aromatic amines is 1. The normalized spacial score (nSPS) is 24.2. The Hall–Kier alpha value is -0.750. The first-order chi connectivity index (χ1) is 10.0. The lowest BCUT2D eigenvalue weighted by Crippen LogP contribution is -2.35. The fourth-order valence-corrected chi connectivity index (χ4v) is 2.32. The Balaban J connectivity index is 0.00000242. The third-order valence-electron chi connectivity index (χ3n) is 3.52. The smallest absolute Gasteiger partial charge is 0.330 e. The van der Waals surface area contributed by atoms with Crippen molar-refractivity contribution in [1.29, 1.82) is 0 Å². The van der Waals surface area contributed by atoms with Crippen LogP contribution in [0, 0.1) is 6.92 Å². The average molecular weight is 427 g/mol. The molecule has 2 heterocycles. The van der Waals surface area contributed by atoms with Crippen LogP contribution in [0.5, 0.6) is 0 Å². The number of nitrogens with zero attached hydrogens (tertiary/aromatic N) is 1. The van der Waals surface area contributed by atoms with Crippen LogP contribution in [0.2, 0.25) is 0 Å². The van der Waals surface area contributed by atoms with Gasteiger partial charge < -0.3 is 20.3 Å². The summed E-state index contributed by atoms with van der Waals surface area (Å²) >= 11 is 0. The zero-order valence-corrected chi connectivity index (χ0v) is 14.6. The van der Waals surface area contributed by atoms with Gasteiger partial charge in [-0.15, -0.1) is 24.0 Å². The molecule has 1 aliphatic rings. The molecule has 0 aromatic carbocycles. The quantitative estimate of drug-likeness (QED) is 0.345. The van der Waals surface area contributed by atoms with E-state index < -0.39 is 29.7 Å². The Bertz CT molecular complexity index is 588. The van der Waals surface area contributed by atoms with Crippen LogP contribution < -0.4 is 16.6 Å². The Morgan fingerprint density at radius 2 is 2.23 bits per heavy atom. The van der Waals surface area contributed by atoms with Crippen molar-refractivity contribution in [3.8, 4) is 0 Å². The topological polar surface area (TPSA) is 117 Å². The average Bonchev–Trinajstić information content (AvgIpc) is 2.80. The molecule has 1 aromatic heterocycles. The number of halogens is 1. The SMILES string of the molecule is Cc1cn([C@H]2CC(O)[C@@H](CNCCCO)O2)c(=O)[nH]c1=O.I. The number of ether oxygens (including phenoxy) is 1. The van der Waals surface area contributed by atoms with Crippen molar-refractivity contribution in [3.63, 3.8) is 0 Å². The molecule has 0 bridgehead atoms. The lowest BCUT2D eigenvalue weighted by atomic mass is 10.2. The fourth-order valence-electron chi connectivity index (χ4n) is 2.32. The van der Waals surface area contributed by atoms with Gasteiger partial charge in [0, 0.05) is 31.3 Å². The van der Waals surface area contributed by atoms with Gasteiger partial charge in [0.25, 0.3) is 5.56 Å². The van der Waals surface area contributed by atoms with E-state index in [0.29, 0.717) is 25.1 Å². The molecule has 2 rings (SSSR count). The predicted molar refractivity (Wildman–Crippen MR) is 90.6 cm³/mol. The summed E-state index contributed by atoms with van der Waals surface area (Å²) in [5.74, 6) is 0. The van der Waals surface area contributed by atoms with Crippen LogP contribution >= 0.6 is 24.0 Å². The maximum absolute atomic E-state index is 11.8. The first kappa shape index (κ1) is 19.3. The molecule has 0 spiro atoms. The van der Waals surface area contributed by atoms with Gasteiger partial charge in [-0.25, -0.2) is 4.79 Å². The van der Waals surface area contributed by atoms with E-state index in [-0.39, 0.29) is 37.0 Å². The zero-order chi connectivity index (χ0) is 15.4. The van der Waals surface area contributed by atoms with Crippen molar-refractivity contribution >= 4 is 24.0 Å². The van der Waals surface area contributed by atoms with Crippen molar-refractivity contribution in [2.24, 2.45) is 0 Å². The second-order valence-corrected chi connectivity index (χ2v) is 5.19. The summed E-state index contributed by atoms with van der Waals surface area (Å²) in [5, 5.41) is 21.8. The largest absolute Gasteiger partial charge is 0.396 e. The van der Waals surface area contributed by atoms with E-state index in [1.165, 1.54) is 10.8 Å². The van der Waals surface area contributed by atoms with Gasteiger partial charge in [0.2, 0.25) is 0 Å². The van der Waals surface area contributed by atoms with Gasteiger partial charge in [-0.05, 0) is 19.9 Å². The lowest BCUT2D eigenvalue weighted by molar-refractivity contribution is -0.0193. The molecule has 9 heteroatoms. The second-order valence-electron chi connectivity index (χ2n) is 5.19. The monoisotopic (exact) mass is 427 g/mol. The summed E-state index contributed by atoms with van der Waals surface area (Å²) < 4.78 is 6.98. The second kappa shape index (κ2) is 8.77. The molecule has 126 valence electrons. The number of nitrogens with one attached hydrogen (secondary N) is 2. The van der Waals surface area contributed by atoms with Crippen LogP contribution in [0.3, 0.4) is 0 Å². The predicted octanol–water partition coefficient (Wildman–Crippen LogP) is -0.917. The number of hydrogen-bond donors (Lipinski definition) is 4. The molecule has 3 atom stereocenters. The molecule has 1 fully saturated rings. The first-order valence-corrected chi connectivity index (χ1v) is 7.00. The molecule has 4 N–H and O–H groups in total. The van der Waals surface area contributed by atoms with Gasteiger partial charge in [0.15, 0.2) is 0 Å². The van der Waals surface area contributed by atoms with Gasteiger partial charge in [-0.3, -0.25) is 14.3 Å². The lowest BCUT2D eigenvalue weighted by Gasteiger charge is -2.16. The molecule has 1 aromatic rings. The highest BCUT2D eigenvalue weighted by atomic mass is 127. The van der Waals surface area contributed by atoms with Crippen LogP contribution in [0.4, 0.5) is 0 Å². The minimum absolute atomic E-state index is 0. The van der Waals surface area contributed by atoms with E-state index in [1.807, 2.05) is 0 Å². The van der Waals surface area contributed by atoms with Gasteiger partial charge >= 0.3 is 5.69 Å². The molecule has 22 heavy (non-hydrogen) atoms. The Labute approximate surface area is 144 Å². The molecule has 0 saturated carbocycles. The van der Waals surface area contributed by atoms with Crippen LogP contribution in [0.25, 0.3) is 0 Å². The van der Waals surface area contributed by atoms with E-state index in [2.05, 4.69) is 10.3 Å². The molecule has 1 saturated heterocycles. The highest BCUT2D eigenvalue weighted by molar-refractivity contribution is 14.0. The molecular formula is C13H22IN3O5. The Kier molecular flexibility index (Phi) is 7.69. The number of aryl methyl sites for hydroxylation is 1. The number of aromatic nitrogens is 2. The molecule has 0 amide bonds. The number of H-pyrrole nitrogens is 1. The van der Waals surface area contributed by atoms with Gasteiger partial charge in [0.05, 0.1) is 12.2 Å². The number of aliphatic hydroxyl groups excluding tert-OH is 2. The highest BCUT2D eigenvalue weighted by Gasteiger charge is 2.35. The van der Waals surface area contributed by atoms with Crippen molar-refractivity contribution in [1.82, 2.24) is 14.9 Å². The molecular weight excluding hydrogens is 405 g/mol. The van der Waals surface area contributed by atoms with E-state index in [9.17, 15) is 14.7 Å². The third kappa shape index (κ3) is 4.62. The van der Waals surface area contributed by atoms with E-state index in [4.69, 9.17) is 9.84 Å². The molecule has 1 unspecified atom stereocenters. The zero-order valence-electron chi connectivity index (χ0n) is 12.3. The van der Waals surface area contributed by atoms with Crippen molar-refractivity contribution in [2.75, 3.05) is 19.7 Å². The summed E-state index contributed by atoms with van der Waals surface area (Å²) in [4.78, 5) is 25.4. The number of hydrogen-bond acceptors (Lipinski definition) is 6. The van der Waals surface area contributed by atoms with Crippen molar-refractivity contribution in [3.05, 3.63) is 32.6 Å². The standard InChI is InChI=1S/C13H21N3O5.HI/c1-8-7-16(13(20)15-12(8)19)11-5-9(18)10(21-11)6-14-3-2-4-17;/h7,9-11,14,17-18H,2-6H2,1H3,(H,15,19,20);1H/t9?,10-,11-;/m1./s1. The van der Waals surface area contributed by atoms with E-state index in [1.54, 1.807) is 6.92 Å². The summed E-state index contributed by atoms with van der Waals surface area (Å²) in [6, 6.07) is 0. The molecule has 1 aliphatic heterocycles. The summed E-state index contributed by atoms with van der Waals surface area (Å²) in [7, 11) is 0. The van der Waals surface area contributed by atoms with Crippen molar-refractivity contribution in [2.45, 2.75) is 38.2 Å².